The van der Waals surface area contributed by atoms with Crippen molar-refractivity contribution in [3.8, 4) is 11.1 Å². The lowest BCUT2D eigenvalue weighted by molar-refractivity contribution is 1.18. The van der Waals surface area contributed by atoms with Gasteiger partial charge in [0.15, 0.2) is 0 Å². The molecule has 3 heteroatoms. The van der Waals surface area contributed by atoms with Gasteiger partial charge in [-0.05, 0) is 44.1 Å². The van der Waals surface area contributed by atoms with Gasteiger partial charge in [0.2, 0.25) is 0 Å². The zero-order valence-electron chi connectivity index (χ0n) is 10.6. The van der Waals surface area contributed by atoms with Crippen molar-refractivity contribution in [3.63, 3.8) is 0 Å². The lowest BCUT2D eigenvalue weighted by atomic mass is 10.0. The van der Waals surface area contributed by atoms with Gasteiger partial charge in [0.25, 0.3) is 0 Å². The highest BCUT2D eigenvalue weighted by Gasteiger charge is 2.15. The molecule has 0 N–H and O–H groups in total. The van der Waals surface area contributed by atoms with Crippen LogP contribution in [0.3, 0.4) is 0 Å². The fourth-order valence-corrected chi connectivity index (χ4v) is 4.27. The van der Waals surface area contributed by atoms with Crippen molar-refractivity contribution in [2.24, 2.45) is 0 Å². The number of alkyl halides is 1. The van der Waals surface area contributed by atoms with Crippen LogP contribution in [0, 0.1) is 0 Å². The highest BCUT2D eigenvalue weighted by atomic mass is 79.9. The first-order valence-corrected chi connectivity index (χ1v) is 8.39. The maximum absolute atomic E-state index is 6.56. The molecule has 0 saturated heterocycles. The van der Waals surface area contributed by atoms with Gasteiger partial charge < -0.3 is 0 Å². The Balaban J connectivity index is 1.89. The van der Waals surface area contributed by atoms with Crippen LogP contribution in [0.4, 0.5) is 0 Å². The lowest BCUT2D eigenvalue weighted by Crippen LogP contribution is -1.91. The average Bonchev–Trinajstić information content (AvgIpc) is 2.94. The van der Waals surface area contributed by atoms with Crippen LogP contribution in [0.1, 0.15) is 15.8 Å². The minimum Gasteiger partial charge on any atom is -0.146 e. The van der Waals surface area contributed by atoms with E-state index < -0.39 is 0 Å². The van der Waals surface area contributed by atoms with Crippen molar-refractivity contribution in [1.82, 2.24) is 0 Å². The van der Waals surface area contributed by atoms with E-state index in [1.165, 1.54) is 11.1 Å². The van der Waals surface area contributed by atoms with E-state index >= 15 is 0 Å². The van der Waals surface area contributed by atoms with Crippen LogP contribution in [0.15, 0.2) is 70.5 Å². The molecule has 1 heterocycles. The van der Waals surface area contributed by atoms with Crippen LogP contribution in [-0.4, -0.2) is 0 Å². The van der Waals surface area contributed by atoms with E-state index in [4.69, 9.17) is 11.6 Å². The molecule has 1 aromatic heterocycles. The van der Waals surface area contributed by atoms with E-state index in [9.17, 15) is 0 Å². The quantitative estimate of drug-likeness (QED) is 0.465. The van der Waals surface area contributed by atoms with Crippen LogP contribution in [0.2, 0.25) is 0 Å². The number of hydrogen-bond donors (Lipinski definition) is 0. The molecule has 0 amide bonds. The standard InChI is InChI=1S/C17H12BrClS/c18-15-10-11-20-17(15)16(19)14-8-6-13(7-9-14)12-4-2-1-3-5-12/h1-11,16H. The Kier molecular flexibility index (Phi) is 4.25. The second-order valence-corrected chi connectivity index (χ2v) is 6.72. The summed E-state index contributed by atoms with van der Waals surface area (Å²) in [6.45, 7) is 0. The molecule has 0 spiro atoms. The molecule has 0 bridgehead atoms. The van der Waals surface area contributed by atoms with Gasteiger partial charge in [-0.3, -0.25) is 0 Å². The van der Waals surface area contributed by atoms with Crippen molar-refractivity contribution in [1.29, 1.82) is 0 Å². The Bertz CT molecular complexity index is 689. The summed E-state index contributed by atoms with van der Waals surface area (Å²) in [7, 11) is 0. The smallest absolute Gasteiger partial charge is 0.0939 e. The molecular weight excluding hydrogens is 352 g/mol. The molecule has 0 aliphatic carbocycles. The summed E-state index contributed by atoms with van der Waals surface area (Å²) in [4.78, 5) is 1.15. The Morgan fingerprint density at radius 3 is 2.10 bits per heavy atom. The lowest BCUT2D eigenvalue weighted by Gasteiger charge is -2.10. The van der Waals surface area contributed by atoms with Crippen molar-refractivity contribution >= 4 is 38.9 Å². The predicted octanol–water partition coefficient (Wildman–Crippen LogP) is 6.51. The molecule has 0 aliphatic rings. The Morgan fingerprint density at radius 2 is 1.50 bits per heavy atom. The number of thiophene rings is 1. The predicted molar refractivity (Wildman–Crippen MR) is 91.6 cm³/mol. The zero-order valence-corrected chi connectivity index (χ0v) is 13.8. The van der Waals surface area contributed by atoms with Gasteiger partial charge in [0.1, 0.15) is 0 Å². The molecule has 2 aromatic carbocycles. The molecule has 1 unspecified atom stereocenters. The zero-order chi connectivity index (χ0) is 13.9. The summed E-state index contributed by atoms with van der Waals surface area (Å²) >= 11 is 11.8. The minimum absolute atomic E-state index is 0.103. The first kappa shape index (κ1) is 13.9. The van der Waals surface area contributed by atoms with Gasteiger partial charge >= 0.3 is 0 Å². The highest BCUT2D eigenvalue weighted by Crippen LogP contribution is 2.37. The monoisotopic (exact) mass is 362 g/mol. The Hall–Kier alpha value is -1.09. The molecular formula is C17H12BrClS. The molecule has 3 rings (SSSR count). The summed E-state index contributed by atoms with van der Waals surface area (Å²) in [5.41, 5.74) is 3.56. The van der Waals surface area contributed by atoms with Crippen molar-refractivity contribution in [3.05, 3.63) is 81.0 Å². The summed E-state index contributed by atoms with van der Waals surface area (Å²) in [5, 5.41) is 1.95. The first-order valence-electron chi connectivity index (χ1n) is 6.28. The molecule has 0 aliphatic heterocycles. The topological polar surface area (TPSA) is 0 Å². The second kappa shape index (κ2) is 6.13. The number of hydrogen-bond acceptors (Lipinski definition) is 1. The van der Waals surface area contributed by atoms with Crippen LogP contribution in [-0.2, 0) is 0 Å². The van der Waals surface area contributed by atoms with Gasteiger partial charge in [0, 0.05) is 9.35 Å². The van der Waals surface area contributed by atoms with E-state index in [0.717, 1.165) is 14.9 Å². The third-order valence-electron chi connectivity index (χ3n) is 3.19. The SMILES string of the molecule is ClC(c1ccc(-c2ccccc2)cc1)c1sccc1Br. The molecule has 3 aromatic rings. The van der Waals surface area contributed by atoms with Gasteiger partial charge in [-0.1, -0.05) is 54.6 Å². The summed E-state index contributed by atoms with van der Waals surface area (Å²) in [6.07, 6.45) is 0. The summed E-state index contributed by atoms with van der Waals surface area (Å²) in [5.74, 6) is 0. The van der Waals surface area contributed by atoms with E-state index in [1.54, 1.807) is 11.3 Å². The number of benzene rings is 2. The van der Waals surface area contributed by atoms with Crippen molar-refractivity contribution in [2.75, 3.05) is 0 Å². The number of halogens is 2. The van der Waals surface area contributed by atoms with Gasteiger partial charge in [-0.25, -0.2) is 0 Å². The fourth-order valence-electron chi connectivity index (χ4n) is 2.11. The van der Waals surface area contributed by atoms with Crippen LogP contribution in [0.25, 0.3) is 11.1 Å². The van der Waals surface area contributed by atoms with E-state index in [1.807, 2.05) is 17.5 Å². The third kappa shape index (κ3) is 2.83. The number of rotatable bonds is 3. The van der Waals surface area contributed by atoms with Crippen LogP contribution < -0.4 is 0 Å². The largest absolute Gasteiger partial charge is 0.146 e. The Labute approximate surface area is 136 Å². The highest BCUT2D eigenvalue weighted by molar-refractivity contribution is 9.10. The normalized spacial score (nSPS) is 12.3. The van der Waals surface area contributed by atoms with E-state index in [0.29, 0.717) is 0 Å². The molecule has 1 atom stereocenters. The first-order chi connectivity index (χ1) is 9.75. The van der Waals surface area contributed by atoms with Crippen LogP contribution >= 0.6 is 38.9 Å². The van der Waals surface area contributed by atoms with Crippen molar-refractivity contribution < 1.29 is 0 Å². The average molecular weight is 364 g/mol. The summed E-state index contributed by atoms with van der Waals surface area (Å²) in [6, 6.07) is 20.9. The summed E-state index contributed by atoms with van der Waals surface area (Å²) < 4.78 is 1.08. The molecule has 0 nitrogen and oxygen atoms in total. The van der Waals surface area contributed by atoms with E-state index in [2.05, 4.69) is 64.5 Å². The second-order valence-electron chi connectivity index (χ2n) is 4.48. The maximum atomic E-state index is 6.56. The van der Waals surface area contributed by atoms with Crippen LogP contribution in [0.5, 0.6) is 0 Å². The molecule has 0 radical (unpaired) electrons. The van der Waals surface area contributed by atoms with Gasteiger partial charge in [0.05, 0.1) is 5.38 Å². The molecule has 0 saturated carbocycles. The Morgan fingerprint density at radius 1 is 0.850 bits per heavy atom. The molecule has 100 valence electrons. The third-order valence-corrected chi connectivity index (χ3v) is 5.72. The van der Waals surface area contributed by atoms with Gasteiger partial charge in [-0.2, -0.15) is 0 Å². The molecule has 0 fully saturated rings. The van der Waals surface area contributed by atoms with Gasteiger partial charge in [-0.15, -0.1) is 22.9 Å². The van der Waals surface area contributed by atoms with Crippen molar-refractivity contribution in [2.45, 2.75) is 5.38 Å². The van der Waals surface area contributed by atoms with E-state index in [-0.39, 0.29) is 5.38 Å². The fraction of sp³-hybridized carbons (Fsp3) is 0.0588. The molecule has 20 heavy (non-hydrogen) atoms. The minimum atomic E-state index is -0.103. The maximum Gasteiger partial charge on any atom is 0.0939 e.